The topological polar surface area (TPSA) is 126 Å². The fourth-order valence-electron chi connectivity index (χ4n) is 2.64. The average molecular weight is 513 g/mol. The number of anilines is 3. The van der Waals surface area contributed by atoms with Crippen molar-refractivity contribution in [1.82, 2.24) is 9.97 Å². The molecule has 14 heteroatoms. The Bertz CT molecular complexity index is 1320. The number of benzene rings is 1. The molecule has 0 atom stereocenters. The lowest BCUT2D eigenvalue weighted by Crippen LogP contribution is -2.27. The van der Waals surface area contributed by atoms with Crippen molar-refractivity contribution < 1.29 is 31.5 Å². The highest BCUT2D eigenvalue weighted by Gasteiger charge is 2.38. The normalized spacial score (nSPS) is 11.9. The summed E-state index contributed by atoms with van der Waals surface area (Å²) in [5, 5.41) is 11.1. The second-order valence-electron chi connectivity index (χ2n) is 6.62. The first-order valence-corrected chi connectivity index (χ1v) is 9.76. The van der Waals surface area contributed by atoms with Gasteiger partial charge in [0.1, 0.15) is 28.2 Å². The fourth-order valence-corrected chi connectivity index (χ4v) is 2.79. The Labute approximate surface area is 199 Å². The highest BCUT2D eigenvalue weighted by Crippen LogP contribution is 2.34. The molecule has 0 bridgehead atoms. The van der Waals surface area contributed by atoms with E-state index in [2.05, 4.69) is 15.3 Å². The number of nitrogens with one attached hydrogen (secondary N) is 3. The third kappa shape index (κ3) is 6.20. The first-order chi connectivity index (χ1) is 16.5. The van der Waals surface area contributed by atoms with Gasteiger partial charge in [-0.2, -0.15) is 13.2 Å². The molecule has 0 aliphatic rings. The van der Waals surface area contributed by atoms with Gasteiger partial charge in [-0.15, -0.1) is 0 Å². The number of nitrogen functional groups attached to an aromatic ring is 1. The molecule has 1 aromatic carbocycles. The molecule has 0 aliphatic heterocycles. The van der Waals surface area contributed by atoms with E-state index >= 15 is 0 Å². The highest BCUT2D eigenvalue weighted by atomic mass is 35.5. The number of nitrogens with zero attached hydrogens (tertiary/aromatic N) is 2. The van der Waals surface area contributed by atoms with E-state index in [0.717, 1.165) is 30.5 Å². The quantitative estimate of drug-likeness (QED) is 0.193. The Hall–Kier alpha value is -4.26. The maximum absolute atomic E-state index is 14.5. The molecular weight excluding hydrogens is 499 g/mol. The number of aromatic nitrogens is 2. The van der Waals surface area contributed by atoms with Crippen molar-refractivity contribution in [1.29, 1.82) is 5.41 Å². The minimum atomic E-state index is -5.15. The van der Waals surface area contributed by atoms with Crippen molar-refractivity contribution >= 4 is 41.0 Å². The third-order valence-corrected chi connectivity index (χ3v) is 4.59. The SMILES string of the molecule is N=C/C(C(=O)Nc1ccc(Oc2ccnc(N)c2Cl)c(F)c1)=C(\Nc1cc(F)ccn1)C(F)(F)F. The predicted octanol–water partition coefficient (Wildman–Crippen LogP) is 5.30. The molecule has 2 aromatic heterocycles. The lowest BCUT2D eigenvalue weighted by Gasteiger charge is -2.17. The Morgan fingerprint density at radius 3 is 2.40 bits per heavy atom. The van der Waals surface area contributed by atoms with Crippen molar-refractivity contribution in [3.8, 4) is 11.5 Å². The number of allylic oxidation sites excluding steroid dienone is 1. The predicted molar refractivity (Wildman–Crippen MR) is 118 cm³/mol. The monoisotopic (exact) mass is 512 g/mol. The second-order valence-corrected chi connectivity index (χ2v) is 7.00. The first-order valence-electron chi connectivity index (χ1n) is 9.39. The molecule has 8 nitrogen and oxygen atoms in total. The zero-order valence-electron chi connectivity index (χ0n) is 17.3. The van der Waals surface area contributed by atoms with E-state index in [4.69, 9.17) is 27.5 Å². The van der Waals surface area contributed by atoms with Crippen molar-refractivity contribution in [2.24, 2.45) is 0 Å². The zero-order chi connectivity index (χ0) is 25.8. The molecule has 0 fully saturated rings. The molecule has 3 aromatic rings. The minimum absolute atomic E-state index is 0.00395. The molecule has 0 saturated carbocycles. The largest absolute Gasteiger partial charge is 0.453 e. The van der Waals surface area contributed by atoms with Crippen LogP contribution in [0.4, 0.5) is 39.3 Å². The summed E-state index contributed by atoms with van der Waals surface area (Å²) in [7, 11) is 0. The molecule has 0 radical (unpaired) electrons. The van der Waals surface area contributed by atoms with Gasteiger partial charge in [0, 0.05) is 42.5 Å². The van der Waals surface area contributed by atoms with Gasteiger partial charge in [-0.3, -0.25) is 4.79 Å². The Morgan fingerprint density at radius 1 is 1.06 bits per heavy atom. The van der Waals surface area contributed by atoms with E-state index in [9.17, 15) is 26.7 Å². The van der Waals surface area contributed by atoms with E-state index < -0.39 is 40.8 Å². The van der Waals surface area contributed by atoms with Crippen LogP contribution < -0.4 is 21.1 Å². The van der Waals surface area contributed by atoms with E-state index in [0.29, 0.717) is 6.07 Å². The van der Waals surface area contributed by atoms with Crippen LogP contribution in [0.15, 0.2) is 60.1 Å². The molecular formula is C21H14ClF5N6O2. The molecule has 0 saturated heterocycles. The van der Waals surface area contributed by atoms with Crippen LogP contribution in [0.1, 0.15) is 0 Å². The van der Waals surface area contributed by atoms with Crippen LogP contribution in [0, 0.1) is 17.0 Å². The Balaban J connectivity index is 1.86. The Kier molecular flexibility index (Phi) is 7.49. The van der Waals surface area contributed by atoms with Crippen LogP contribution in [0.3, 0.4) is 0 Å². The zero-order valence-corrected chi connectivity index (χ0v) is 18.0. The van der Waals surface area contributed by atoms with E-state index in [1.807, 2.05) is 0 Å². The van der Waals surface area contributed by atoms with Gasteiger partial charge in [-0.05, 0) is 18.2 Å². The number of carbonyl (C=O) groups excluding carboxylic acids is 1. The molecule has 35 heavy (non-hydrogen) atoms. The van der Waals surface area contributed by atoms with Crippen LogP contribution >= 0.6 is 11.6 Å². The van der Waals surface area contributed by atoms with Crippen molar-refractivity contribution in [3.05, 3.63) is 76.7 Å². The summed E-state index contributed by atoms with van der Waals surface area (Å²) >= 11 is 5.94. The van der Waals surface area contributed by atoms with Gasteiger partial charge in [-0.25, -0.2) is 18.7 Å². The summed E-state index contributed by atoms with van der Waals surface area (Å²) in [4.78, 5) is 19.8. The number of alkyl halides is 3. The van der Waals surface area contributed by atoms with E-state index in [1.165, 1.54) is 12.3 Å². The first kappa shape index (κ1) is 25.4. The number of ether oxygens (including phenoxy) is 1. The number of rotatable bonds is 7. The summed E-state index contributed by atoms with van der Waals surface area (Å²) in [5.41, 5.74) is 2.47. The Morgan fingerprint density at radius 2 is 1.77 bits per heavy atom. The molecule has 0 unspecified atom stereocenters. The van der Waals surface area contributed by atoms with Gasteiger partial charge in [0.2, 0.25) is 0 Å². The van der Waals surface area contributed by atoms with Crippen LogP contribution in [-0.2, 0) is 4.79 Å². The molecule has 182 valence electrons. The van der Waals surface area contributed by atoms with Gasteiger partial charge in [0.25, 0.3) is 5.91 Å². The maximum atomic E-state index is 14.5. The lowest BCUT2D eigenvalue weighted by atomic mass is 10.1. The van der Waals surface area contributed by atoms with Gasteiger partial charge < -0.3 is 26.5 Å². The average Bonchev–Trinajstić information content (AvgIpc) is 2.78. The van der Waals surface area contributed by atoms with Gasteiger partial charge in [0.15, 0.2) is 17.3 Å². The number of nitrogens with two attached hydrogens (primary N) is 1. The minimum Gasteiger partial charge on any atom is -0.453 e. The number of amides is 1. The van der Waals surface area contributed by atoms with Crippen LogP contribution in [0.5, 0.6) is 11.5 Å². The fraction of sp³-hybridized carbons (Fsp3) is 0.0476. The van der Waals surface area contributed by atoms with Crippen molar-refractivity contribution in [2.45, 2.75) is 6.18 Å². The molecule has 3 rings (SSSR count). The summed E-state index contributed by atoms with van der Waals surface area (Å²) < 4.78 is 74.0. The van der Waals surface area contributed by atoms with Crippen LogP contribution in [0.2, 0.25) is 5.02 Å². The number of halogens is 6. The maximum Gasteiger partial charge on any atom is 0.432 e. The third-order valence-electron chi connectivity index (χ3n) is 4.21. The lowest BCUT2D eigenvalue weighted by molar-refractivity contribution is -0.114. The number of carbonyl (C=O) groups is 1. The smallest absolute Gasteiger partial charge is 0.432 e. The molecule has 0 aliphatic carbocycles. The van der Waals surface area contributed by atoms with Crippen LogP contribution in [-0.4, -0.2) is 28.3 Å². The number of pyridine rings is 2. The molecule has 1 amide bonds. The molecule has 5 N–H and O–H groups in total. The van der Waals surface area contributed by atoms with Gasteiger partial charge in [-0.1, -0.05) is 11.6 Å². The van der Waals surface area contributed by atoms with Crippen LogP contribution in [0.25, 0.3) is 0 Å². The second kappa shape index (κ2) is 10.3. The van der Waals surface area contributed by atoms with Gasteiger partial charge >= 0.3 is 6.18 Å². The highest BCUT2D eigenvalue weighted by molar-refractivity contribution is 6.34. The molecule has 2 heterocycles. The molecule has 0 spiro atoms. The van der Waals surface area contributed by atoms with E-state index in [-0.39, 0.29) is 34.2 Å². The van der Waals surface area contributed by atoms with E-state index in [1.54, 1.807) is 5.32 Å². The summed E-state index contributed by atoms with van der Waals surface area (Å²) in [5.74, 6) is -4.20. The number of hydrogen-bond acceptors (Lipinski definition) is 7. The van der Waals surface area contributed by atoms with Crippen molar-refractivity contribution in [3.63, 3.8) is 0 Å². The summed E-state index contributed by atoms with van der Waals surface area (Å²) in [6, 6.07) is 5.92. The van der Waals surface area contributed by atoms with Crippen molar-refractivity contribution in [2.75, 3.05) is 16.4 Å². The summed E-state index contributed by atoms with van der Waals surface area (Å²) in [6.07, 6.45) is -2.81. The number of hydrogen-bond donors (Lipinski definition) is 4. The van der Waals surface area contributed by atoms with Gasteiger partial charge in [0.05, 0.1) is 5.57 Å². The standard InChI is InChI=1S/C21H14ClF5N6O2/c22-17-15(4-6-31-19(17)29)35-14-2-1-11(8-13(14)24)32-20(34)12(9-28)18(21(25,26)27)33-16-7-10(23)3-5-30-16/h1-9,28H,(H2,29,31)(H,30,33)(H,32,34)/b18-12+,28-9?. The summed E-state index contributed by atoms with van der Waals surface area (Å²) in [6.45, 7) is 0.